The van der Waals surface area contributed by atoms with Crippen LogP contribution in [0.5, 0.6) is 5.75 Å². The van der Waals surface area contributed by atoms with Crippen molar-refractivity contribution in [3.05, 3.63) is 66.7 Å². The largest absolute Gasteiger partial charge is 0.513 e. The zero-order valence-electron chi connectivity index (χ0n) is 14.2. The molecule has 0 saturated carbocycles. The highest BCUT2D eigenvalue weighted by atomic mass is 16.7. The molecule has 0 atom stereocenters. The number of amides is 2. The summed E-state index contributed by atoms with van der Waals surface area (Å²) in [6.45, 7) is 1.94. The molecule has 0 bridgehead atoms. The molecule has 0 aliphatic rings. The van der Waals surface area contributed by atoms with E-state index < -0.39 is 6.16 Å². The molecule has 2 N–H and O–H groups in total. The SMILES string of the molecule is CCOC(=O)Oc1ccc(NC(=O)Nc2ccc3ccccc3c2)cc1. The van der Waals surface area contributed by atoms with Crippen molar-refractivity contribution >= 4 is 34.3 Å². The topological polar surface area (TPSA) is 76.7 Å². The Balaban J connectivity index is 1.59. The fourth-order valence-corrected chi connectivity index (χ4v) is 2.41. The van der Waals surface area contributed by atoms with E-state index in [-0.39, 0.29) is 12.6 Å². The highest BCUT2D eigenvalue weighted by molar-refractivity contribution is 6.01. The van der Waals surface area contributed by atoms with E-state index in [1.807, 2.05) is 42.5 Å². The Labute approximate surface area is 150 Å². The summed E-state index contributed by atoms with van der Waals surface area (Å²) in [4.78, 5) is 23.4. The van der Waals surface area contributed by atoms with Crippen LogP contribution >= 0.6 is 0 Å². The second kappa shape index (κ2) is 8.02. The molecular formula is C20H18N2O4. The number of ether oxygens (including phenoxy) is 2. The lowest BCUT2D eigenvalue weighted by atomic mass is 10.1. The highest BCUT2D eigenvalue weighted by Gasteiger charge is 2.06. The van der Waals surface area contributed by atoms with Gasteiger partial charge in [-0.1, -0.05) is 30.3 Å². The third kappa shape index (κ3) is 4.51. The number of urea groups is 1. The number of hydrogen-bond donors (Lipinski definition) is 2. The molecule has 0 saturated heterocycles. The van der Waals surface area contributed by atoms with E-state index in [2.05, 4.69) is 10.6 Å². The number of benzene rings is 3. The van der Waals surface area contributed by atoms with E-state index in [1.165, 1.54) is 0 Å². The van der Waals surface area contributed by atoms with Gasteiger partial charge in [0.05, 0.1) is 6.61 Å². The average Bonchev–Trinajstić information content (AvgIpc) is 2.63. The number of fused-ring (bicyclic) bond motifs is 1. The third-order valence-electron chi connectivity index (χ3n) is 3.58. The van der Waals surface area contributed by atoms with Crippen molar-refractivity contribution in [2.75, 3.05) is 17.2 Å². The van der Waals surface area contributed by atoms with Gasteiger partial charge in [0.25, 0.3) is 0 Å². The van der Waals surface area contributed by atoms with E-state index in [9.17, 15) is 9.59 Å². The first-order valence-corrected chi connectivity index (χ1v) is 8.15. The lowest BCUT2D eigenvalue weighted by molar-refractivity contribution is 0.104. The Hall–Kier alpha value is -3.54. The summed E-state index contributed by atoms with van der Waals surface area (Å²) >= 11 is 0. The second-order valence-electron chi connectivity index (χ2n) is 5.45. The van der Waals surface area contributed by atoms with Crippen LogP contribution in [0.3, 0.4) is 0 Å². The van der Waals surface area contributed by atoms with Crippen LogP contribution in [0, 0.1) is 0 Å². The Morgan fingerprint density at radius 1 is 0.846 bits per heavy atom. The van der Waals surface area contributed by atoms with Gasteiger partial charge in [-0.15, -0.1) is 0 Å². The first-order valence-electron chi connectivity index (χ1n) is 8.15. The maximum Gasteiger partial charge on any atom is 0.513 e. The van der Waals surface area contributed by atoms with Gasteiger partial charge in [0.2, 0.25) is 0 Å². The van der Waals surface area contributed by atoms with Crippen LogP contribution in [0.1, 0.15) is 6.92 Å². The van der Waals surface area contributed by atoms with Gasteiger partial charge in [-0.05, 0) is 54.1 Å². The molecular weight excluding hydrogens is 332 g/mol. The van der Waals surface area contributed by atoms with Gasteiger partial charge in [-0.2, -0.15) is 0 Å². The lowest BCUT2D eigenvalue weighted by Gasteiger charge is -2.09. The highest BCUT2D eigenvalue weighted by Crippen LogP contribution is 2.20. The van der Waals surface area contributed by atoms with Gasteiger partial charge in [-0.25, -0.2) is 9.59 Å². The molecule has 0 radical (unpaired) electrons. The van der Waals surface area contributed by atoms with Crippen molar-refractivity contribution in [1.82, 2.24) is 0 Å². The molecule has 0 aliphatic carbocycles. The van der Waals surface area contributed by atoms with E-state index in [0.717, 1.165) is 10.8 Å². The smallest absolute Gasteiger partial charge is 0.434 e. The molecule has 0 aliphatic heterocycles. The van der Waals surface area contributed by atoms with Gasteiger partial charge < -0.3 is 20.1 Å². The second-order valence-corrected chi connectivity index (χ2v) is 5.45. The Morgan fingerprint density at radius 3 is 2.23 bits per heavy atom. The number of carbonyl (C=O) groups is 2. The van der Waals surface area contributed by atoms with Crippen LogP contribution in [0.4, 0.5) is 21.0 Å². The van der Waals surface area contributed by atoms with Crippen LogP contribution in [-0.2, 0) is 4.74 Å². The lowest BCUT2D eigenvalue weighted by Crippen LogP contribution is -2.19. The summed E-state index contributed by atoms with van der Waals surface area (Å²) in [7, 11) is 0. The Morgan fingerprint density at radius 2 is 1.50 bits per heavy atom. The first kappa shape index (κ1) is 17.3. The maximum absolute atomic E-state index is 12.1. The molecule has 26 heavy (non-hydrogen) atoms. The summed E-state index contributed by atoms with van der Waals surface area (Å²) in [6.07, 6.45) is -0.762. The monoisotopic (exact) mass is 350 g/mol. The summed E-state index contributed by atoms with van der Waals surface area (Å²) < 4.78 is 9.66. The number of rotatable bonds is 4. The van der Waals surface area contributed by atoms with Crippen molar-refractivity contribution in [2.45, 2.75) is 6.92 Å². The zero-order chi connectivity index (χ0) is 18.4. The normalized spacial score (nSPS) is 10.2. The molecule has 0 spiro atoms. The van der Waals surface area contributed by atoms with Crippen LogP contribution in [0.15, 0.2) is 66.7 Å². The van der Waals surface area contributed by atoms with E-state index >= 15 is 0 Å². The molecule has 0 heterocycles. The number of carbonyl (C=O) groups excluding carboxylic acids is 2. The van der Waals surface area contributed by atoms with E-state index in [1.54, 1.807) is 31.2 Å². The van der Waals surface area contributed by atoms with Crippen molar-refractivity contribution in [3.63, 3.8) is 0 Å². The van der Waals surface area contributed by atoms with Gasteiger partial charge in [0.1, 0.15) is 5.75 Å². The van der Waals surface area contributed by atoms with Crippen molar-refractivity contribution in [1.29, 1.82) is 0 Å². The summed E-state index contributed by atoms with van der Waals surface area (Å²) in [5, 5.41) is 7.67. The molecule has 6 nitrogen and oxygen atoms in total. The van der Waals surface area contributed by atoms with Crippen molar-refractivity contribution in [2.24, 2.45) is 0 Å². The van der Waals surface area contributed by atoms with Gasteiger partial charge >= 0.3 is 12.2 Å². The molecule has 0 unspecified atom stereocenters. The molecule has 3 aromatic rings. The van der Waals surface area contributed by atoms with Crippen LogP contribution in [0.25, 0.3) is 10.8 Å². The molecule has 2 amide bonds. The van der Waals surface area contributed by atoms with Crippen molar-refractivity contribution < 1.29 is 19.1 Å². The summed E-state index contributed by atoms with van der Waals surface area (Å²) in [5.74, 6) is 0.337. The Kier molecular flexibility index (Phi) is 5.34. The third-order valence-corrected chi connectivity index (χ3v) is 3.58. The predicted octanol–water partition coefficient (Wildman–Crippen LogP) is 5.02. The minimum absolute atomic E-state index is 0.243. The molecule has 3 rings (SSSR count). The van der Waals surface area contributed by atoms with Crippen molar-refractivity contribution in [3.8, 4) is 5.75 Å². The van der Waals surface area contributed by atoms with Gasteiger partial charge in [-0.3, -0.25) is 0 Å². The fraction of sp³-hybridized carbons (Fsp3) is 0.100. The molecule has 0 fully saturated rings. The average molecular weight is 350 g/mol. The number of anilines is 2. The predicted molar refractivity (Wildman–Crippen MR) is 101 cm³/mol. The van der Waals surface area contributed by atoms with Gasteiger partial charge in [0.15, 0.2) is 0 Å². The summed E-state index contributed by atoms with van der Waals surface area (Å²) in [6, 6.07) is 19.7. The Bertz CT molecular complexity index is 923. The first-order chi connectivity index (χ1) is 12.6. The quantitative estimate of drug-likeness (QED) is 0.512. The summed E-state index contributed by atoms with van der Waals surface area (Å²) in [5.41, 5.74) is 1.27. The van der Waals surface area contributed by atoms with Gasteiger partial charge in [0, 0.05) is 11.4 Å². The molecule has 3 aromatic carbocycles. The van der Waals surface area contributed by atoms with Crippen LogP contribution < -0.4 is 15.4 Å². The minimum Gasteiger partial charge on any atom is -0.434 e. The van der Waals surface area contributed by atoms with Crippen LogP contribution in [-0.4, -0.2) is 18.8 Å². The fourth-order valence-electron chi connectivity index (χ4n) is 2.41. The molecule has 132 valence electrons. The number of nitrogens with one attached hydrogen (secondary N) is 2. The molecule has 6 heteroatoms. The zero-order valence-corrected chi connectivity index (χ0v) is 14.2. The van der Waals surface area contributed by atoms with E-state index in [0.29, 0.717) is 17.1 Å². The number of hydrogen-bond acceptors (Lipinski definition) is 4. The van der Waals surface area contributed by atoms with E-state index in [4.69, 9.17) is 9.47 Å². The molecule has 0 aromatic heterocycles. The standard InChI is InChI=1S/C20H18N2O4/c1-2-25-20(24)26-18-11-9-16(10-12-18)21-19(23)22-17-8-7-14-5-3-4-6-15(14)13-17/h3-13H,2H2,1H3,(H2,21,22,23). The van der Waals surface area contributed by atoms with Crippen LogP contribution in [0.2, 0.25) is 0 Å². The maximum atomic E-state index is 12.1. The minimum atomic E-state index is -0.762.